The van der Waals surface area contributed by atoms with E-state index in [0.29, 0.717) is 11.3 Å². The molecule has 30 heavy (non-hydrogen) atoms. The molecule has 0 saturated heterocycles. The minimum atomic E-state index is -0.979. The molecule has 8 heteroatoms. The number of carbonyl (C=O) groups is 3. The Balaban J connectivity index is 2.16. The molecule has 0 unspecified atom stereocenters. The largest absolute Gasteiger partial charge is 0.497 e. The van der Waals surface area contributed by atoms with Crippen molar-refractivity contribution >= 4 is 17.8 Å². The van der Waals surface area contributed by atoms with Gasteiger partial charge in [0.25, 0.3) is 0 Å². The normalized spacial score (nSPS) is 12.4. The van der Waals surface area contributed by atoms with Gasteiger partial charge in [-0.1, -0.05) is 24.3 Å². The first-order valence-corrected chi connectivity index (χ1v) is 9.35. The standard InChI is InChI=1S/C22H25FN2O5/c1-14(26)24-19(13-16-5-4-6-17(23)11-16)21(27)25-20(22(28)30-3)12-15-7-9-18(29-2)10-8-15/h4-11,19-20H,12-13H2,1-3H3,(H,24,26)(H,25,27)/t19-,20-/m0/s1. The molecule has 0 heterocycles. The molecule has 0 aliphatic carbocycles. The lowest BCUT2D eigenvalue weighted by atomic mass is 10.0. The zero-order chi connectivity index (χ0) is 22.1. The third kappa shape index (κ3) is 6.88. The van der Waals surface area contributed by atoms with Crippen molar-refractivity contribution in [2.45, 2.75) is 31.8 Å². The van der Waals surface area contributed by atoms with Crippen molar-refractivity contribution in [1.82, 2.24) is 10.6 Å². The third-order valence-electron chi connectivity index (χ3n) is 4.42. The molecule has 2 aromatic rings. The molecule has 0 radical (unpaired) electrons. The van der Waals surface area contributed by atoms with E-state index in [1.165, 1.54) is 32.2 Å². The lowest BCUT2D eigenvalue weighted by Crippen LogP contribution is -2.53. The molecule has 160 valence electrons. The van der Waals surface area contributed by atoms with Gasteiger partial charge in [0.1, 0.15) is 23.7 Å². The number of hydrogen-bond acceptors (Lipinski definition) is 5. The highest BCUT2D eigenvalue weighted by atomic mass is 19.1. The van der Waals surface area contributed by atoms with Crippen molar-refractivity contribution in [3.8, 4) is 5.75 Å². The Hall–Kier alpha value is -3.42. The molecule has 2 N–H and O–H groups in total. The summed E-state index contributed by atoms with van der Waals surface area (Å²) in [6, 6.07) is 10.9. The Labute approximate surface area is 174 Å². The number of nitrogens with one attached hydrogen (secondary N) is 2. The van der Waals surface area contributed by atoms with Gasteiger partial charge >= 0.3 is 5.97 Å². The summed E-state index contributed by atoms with van der Waals surface area (Å²) < 4.78 is 23.4. The van der Waals surface area contributed by atoms with Crippen LogP contribution in [0, 0.1) is 5.82 Å². The van der Waals surface area contributed by atoms with Crippen molar-refractivity contribution in [2.24, 2.45) is 0 Å². The summed E-state index contributed by atoms with van der Waals surface area (Å²) in [6.07, 6.45) is 0.259. The summed E-state index contributed by atoms with van der Waals surface area (Å²) in [5.41, 5.74) is 1.32. The predicted octanol–water partition coefficient (Wildman–Crippen LogP) is 1.78. The fourth-order valence-corrected chi connectivity index (χ4v) is 2.96. The monoisotopic (exact) mass is 416 g/mol. The van der Waals surface area contributed by atoms with Crippen LogP contribution < -0.4 is 15.4 Å². The van der Waals surface area contributed by atoms with Gasteiger partial charge in [-0.15, -0.1) is 0 Å². The molecule has 0 aliphatic heterocycles. The lowest BCUT2D eigenvalue weighted by molar-refractivity contribution is -0.145. The van der Waals surface area contributed by atoms with Gasteiger partial charge in [0.15, 0.2) is 0 Å². The van der Waals surface area contributed by atoms with Crippen LogP contribution in [0.3, 0.4) is 0 Å². The average Bonchev–Trinajstić information content (AvgIpc) is 2.72. The Bertz CT molecular complexity index is 885. The highest BCUT2D eigenvalue weighted by Gasteiger charge is 2.27. The maximum atomic E-state index is 13.5. The molecule has 0 aliphatic rings. The summed E-state index contributed by atoms with van der Waals surface area (Å²) >= 11 is 0. The van der Waals surface area contributed by atoms with Crippen molar-refractivity contribution in [3.63, 3.8) is 0 Å². The Morgan fingerprint density at radius 1 is 0.933 bits per heavy atom. The second-order valence-corrected chi connectivity index (χ2v) is 6.72. The summed E-state index contributed by atoms with van der Waals surface area (Å²) in [6.45, 7) is 1.28. The Kier molecular flexibility index (Phi) is 8.34. The van der Waals surface area contributed by atoms with E-state index >= 15 is 0 Å². The minimum absolute atomic E-state index is 0.0690. The van der Waals surface area contributed by atoms with Crippen molar-refractivity contribution in [1.29, 1.82) is 0 Å². The van der Waals surface area contributed by atoms with Gasteiger partial charge < -0.3 is 20.1 Å². The number of halogens is 1. The smallest absolute Gasteiger partial charge is 0.328 e. The topological polar surface area (TPSA) is 93.7 Å². The van der Waals surface area contributed by atoms with Crippen LogP contribution in [0.25, 0.3) is 0 Å². The second-order valence-electron chi connectivity index (χ2n) is 6.72. The van der Waals surface area contributed by atoms with Gasteiger partial charge in [-0.3, -0.25) is 9.59 Å². The van der Waals surface area contributed by atoms with E-state index < -0.39 is 35.7 Å². The fraction of sp³-hybridized carbons (Fsp3) is 0.318. The van der Waals surface area contributed by atoms with Gasteiger partial charge in [-0.05, 0) is 35.4 Å². The van der Waals surface area contributed by atoms with Crippen molar-refractivity contribution < 1.29 is 28.2 Å². The molecule has 2 amide bonds. The molecule has 0 aromatic heterocycles. The molecule has 0 fully saturated rings. The molecule has 0 spiro atoms. The summed E-state index contributed by atoms with van der Waals surface area (Å²) in [7, 11) is 2.78. The number of amides is 2. The zero-order valence-electron chi connectivity index (χ0n) is 17.1. The molecule has 2 aromatic carbocycles. The number of ether oxygens (including phenoxy) is 2. The highest BCUT2D eigenvalue weighted by Crippen LogP contribution is 2.14. The summed E-state index contributed by atoms with van der Waals surface area (Å²) in [5, 5.41) is 5.18. The van der Waals surface area contributed by atoms with Gasteiger partial charge in [-0.2, -0.15) is 0 Å². The van der Waals surface area contributed by atoms with Crippen LogP contribution in [0.2, 0.25) is 0 Å². The van der Waals surface area contributed by atoms with E-state index in [1.807, 2.05) is 0 Å². The third-order valence-corrected chi connectivity index (χ3v) is 4.42. The molecule has 0 bridgehead atoms. The first-order valence-electron chi connectivity index (χ1n) is 9.35. The van der Waals surface area contributed by atoms with Gasteiger partial charge in [0, 0.05) is 19.8 Å². The molecule has 7 nitrogen and oxygen atoms in total. The van der Waals surface area contributed by atoms with Gasteiger partial charge in [-0.25, -0.2) is 9.18 Å². The van der Waals surface area contributed by atoms with E-state index in [-0.39, 0.29) is 12.8 Å². The maximum Gasteiger partial charge on any atom is 0.328 e. The van der Waals surface area contributed by atoms with Crippen LogP contribution in [-0.2, 0) is 32.0 Å². The van der Waals surface area contributed by atoms with Crippen LogP contribution in [0.4, 0.5) is 4.39 Å². The Morgan fingerprint density at radius 3 is 2.17 bits per heavy atom. The first kappa shape index (κ1) is 22.9. The average molecular weight is 416 g/mol. The molecular weight excluding hydrogens is 391 g/mol. The number of esters is 1. The van der Waals surface area contributed by atoms with Crippen LogP contribution in [0.1, 0.15) is 18.1 Å². The molecule has 2 atom stereocenters. The van der Waals surface area contributed by atoms with Crippen LogP contribution >= 0.6 is 0 Å². The summed E-state index contributed by atoms with van der Waals surface area (Å²) in [5.74, 6) is -1.39. The van der Waals surface area contributed by atoms with E-state index in [0.717, 1.165) is 5.56 Å². The lowest BCUT2D eigenvalue weighted by Gasteiger charge is -2.22. The fourth-order valence-electron chi connectivity index (χ4n) is 2.96. The van der Waals surface area contributed by atoms with Crippen LogP contribution in [0.5, 0.6) is 5.75 Å². The SMILES string of the molecule is COC(=O)[C@H](Cc1ccc(OC)cc1)NC(=O)[C@H](Cc1cccc(F)c1)NC(C)=O. The number of rotatable bonds is 9. The quantitative estimate of drug-likeness (QED) is 0.608. The van der Waals surface area contributed by atoms with E-state index in [2.05, 4.69) is 10.6 Å². The van der Waals surface area contributed by atoms with Crippen molar-refractivity contribution in [3.05, 3.63) is 65.5 Å². The van der Waals surface area contributed by atoms with Gasteiger partial charge in [0.05, 0.1) is 14.2 Å². The number of methoxy groups -OCH3 is 2. The molecule has 2 rings (SSSR count). The highest BCUT2D eigenvalue weighted by molar-refractivity contribution is 5.90. The first-order chi connectivity index (χ1) is 14.3. The van der Waals surface area contributed by atoms with E-state index in [1.54, 1.807) is 37.4 Å². The Morgan fingerprint density at radius 2 is 1.60 bits per heavy atom. The van der Waals surface area contributed by atoms with Crippen LogP contribution in [0.15, 0.2) is 48.5 Å². The zero-order valence-corrected chi connectivity index (χ0v) is 17.1. The van der Waals surface area contributed by atoms with Crippen LogP contribution in [-0.4, -0.2) is 44.1 Å². The molecular formula is C22H25FN2O5. The van der Waals surface area contributed by atoms with E-state index in [9.17, 15) is 18.8 Å². The maximum absolute atomic E-state index is 13.5. The minimum Gasteiger partial charge on any atom is -0.497 e. The molecule has 0 saturated carbocycles. The number of benzene rings is 2. The van der Waals surface area contributed by atoms with E-state index in [4.69, 9.17) is 9.47 Å². The number of hydrogen-bond donors (Lipinski definition) is 2. The van der Waals surface area contributed by atoms with Crippen molar-refractivity contribution in [2.75, 3.05) is 14.2 Å². The summed E-state index contributed by atoms with van der Waals surface area (Å²) in [4.78, 5) is 36.6. The van der Waals surface area contributed by atoms with Gasteiger partial charge in [0.2, 0.25) is 11.8 Å². The number of carbonyl (C=O) groups excluding carboxylic acids is 3. The second kappa shape index (κ2) is 10.9. The predicted molar refractivity (Wildman–Crippen MR) is 108 cm³/mol.